The molecule has 18 heavy (non-hydrogen) atoms. The van der Waals surface area contributed by atoms with Gasteiger partial charge in [0.2, 0.25) is 0 Å². The summed E-state index contributed by atoms with van der Waals surface area (Å²) in [5.41, 5.74) is 1.11. The minimum absolute atomic E-state index is 0.135. The van der Waals surface area contributed by atoms with Crippen molar-refractivity contribution < 1.29 is 14.7 Å². The van der Waals surface area contributed by atoms with E-state index < -0.39 is 11.4 Å². The van der Waals surface area contributed by atoms with Crippen LogP contribution in [0.15, 0.2) is 0 Å². The van der Waals surface area contributed by atoms with Crippen LogP contribution in [-0.4, -0.2) is 45.2 Å². The Balaban J connectivity index is 2.21. The molecule has 1 unspecified atom stereocenters. The van der Waals surface area contributed by atoms with Crippen LogP contribution < -0.4 is 0 Å². The second-order valence-electron chi connectivity index (χ2n) is 5.15. The third-order valence-corrected chi connectivity index (χ3v) is 3.62. The lowest BCUT2D eigenvalue weighted by atomic mass is 9.90. The van der Waals surface area contributed by atoms with E-state index in [9.17, 15) is 9.59 Å². The molecule has 2 rings (SSSR count). The minimum atomic E-state index is -0.849. The Morgan fingerprint density at radius 3 is 2.56 bits per heavy atom. The maximum atomic E-state index is 12.3. The van der Waals surface area contributed by atoms with Gasteiger partial charge >= 0.3 is 5.97 Å². The maximum absolute atomic E-state index is 12.3. The first-order valence-electron chi connectivity index (χ1n) is 5.89. The minimum Gasteiger partial charge on any atom is -0.481 e. The molecule has 98 valence electrons. The monoisotopic (exact) mass is 251 g/mol. The van der Waals surface area contributed by atoms with Gasteiger partial charge in [0.15, 0.2) is 0 Å². The van der Waals surface area contributed by atoms with Crippen molar-refractivity contribution in [1.82, 2.24) is 15.1 Å². The van der Waals surface area contributed by atoms with Crippen molar-refractivity contribution >= 4 is 11.9 Å². The second-order valence-corrected chi connectivity index (χ2v) is 5.15. The van der Waals surface area contributed by atoms with Gasteiger partial charge in [0.25, 0.3) is 5.91 Å². The molecule has 6 nitrogen and oxygen atoms in total. The lowest BCUT2D eigenvalue weighted by Gasteiger charge is -2.20. The van der Waals surface area contributed by atoms with Crippen molar-refractivity contribution in [2.45, 2.75) is 27.2 Å². The van der Waals surface area contributed by atoms with E-state index in [0.29, 0.717) is 24.2 Å². The first-order valence-corrected chi connectivity index (χ1v) is 5.89. The Kier molecular flexibility index (Phi) is 2.88. The van der Waals surface area contributed by atoms with Gasteiger partial charge in [0.05, 0.1) is 16.7 Å². The van der Waals surface area contributed by atoms with Gasteiger partial charge < -0.3 is 10.0 Å². The zero-order valence-electron chi connectivity index (χ0n) is 10.8. The van der Waals surface area contributed by atoms with E-state index in [2.05, 4.69) is 10.2 Å². The van der Waals surface area contributed by atoms with Gasteiger partial charge in [-0.1, -0.05) is 0 Å². The van der Waals surface area contributed by atoms with E-state index in [1.54, 1.807) is 25.7 Å². The number of aliphatic carboxylic acids is 1. The SMILES string of the molecule is Cc1n[nH]c(C)c1C(=O)N1CCC(C)(C(=O)O)C1. The van der Waals surface area contributed by atoms with Gasteiger partial charge in [-0.05, 0) is 27.2 Å². The van der Waals surface area contributed by atoms with Gasteiger partial charge in [0.1, 0.15) is 0 Å². The Bertz CT molecular complexity index is 489. The number of carboxylic acids is 1. The third-order valence-electron chi connectivity index (χ3n) is 3.62. The summed E-state index contributed by atoms with van der Waals surface area (Å²) in [4.78, 5) is 25.1. The van der Waals surface area contributed by atoms with Crippen molar-refractivity contribution in [1.29, 1.82) is 0 Å². The molecule has 1 amide bonds. The summed E-state index contributed by atoms with van der Waals surface area (Å²) in [6, 6.07) is 0. The molecule has 0 saturated carbocycles. The number of hydrogen-bond donors (Lipinski definition) is 2. The fraction of sp³-hybridized carbons (Fsp3) is 0.583. The molecule has 0 bridgehead atoms. The number of carbonyl (C=O) groups excluding carboxylic acids is 1. The summed E-state index contributed by atoms with van der Waals surface area (Å²) >= 11 is 0. The predicted octanol–water partition coefficient (Wildman–Crippen LogP) is 0.963. The first kappa shape index (κ1) is 12.6. The molecule has 0 radical (unpaired) electrons. The Labute approximate surface area is 105 Å². The van der Waals surface area contributed by atoms with Gasteiger partial charge in [0, 0.05) is 18.8 Å². The Morgan fingerprint density at radius 1 is 1.44 bits per heavy atom. The van der Waals surface area contributed by atoms with Gasteiger partial charge in [-0.3, -0.25) is 14.7 Å². The molecule has 0 spiro atoms. The van der Waals surface area contributed by atoms with Crippen molar-refractivity contribution in [3.8, 4) is 0 Å². The largest absolute Gasteiger partial charge is 0.481 e. The molecule has 1 aromatic rings. The lowest BCUT2D eigenvalue weighted by molar-refractivity contribution is -0.147. The molecule has 1 fully saturated rings. The summed E-state index contributed by atoms with van der Waals surface area (Å²) in [7, 11) is 0. The number of rotatable bonds is 2. The standard InChI is InChI=1S/C12H17N3O3/c1-7-9(8(2)14-13-7)10(16)15-5-4-12(3,6-15)11(17)18/h4-6H2,1-3H3,(H,13,14)(H,17,18). The number of aromatic nitrogens is 2. The summed E-state index contributed by atoms with van der Waals surface area (Å²) < 4.78 is 0. The van der Waals surface area contributed by atoms with E-state index in [1.807, 2.05) is 0 Å². The van der Waals surface area contributed by atoms with Gasteiger partial charge in [-0.15, -0.1) is 0 Å². The van der Waals surface area contributed by atoms with E-state index in [4.69, 9.17) is 5.11 Å². The average Bonchev–Trinajstić information content (AvgIpc) is 2.84. The van der Waals surface area contributed by atoms with Crippen molar-refractivity contribution in [3.63, 3.8) is 0 Å². The smallest absolute Gasteiger partial charge is 0.311 e. The molecule has 1 aromatic heterocycles. The number of nitrogens with one attached hydrogen (secondary N) is 1. The van der Waals surface area contributed by atoms with Crippen LogP contribution >= 0.6 is 0 Å². The number of amides is 1. The highest BCUT2D eigenvalue weighted by atomic mass is 16.4. The Morgan fingerprint density at radius 2 is 2.11 bits per heavy atom. The molecule has 1 saturated heterocycles. The quantitative estimate of drug-likeness (QED) is 0.819. The van der Waals surface area contributed by atoms with Gasteiger partial charge in [-0.25, -0.2) is 0 Å². The topological polar surface area (TPSA) is 86.3 Å². The van der Waals surface area contributed by atoms with E-state index in [-0.39, 0.29) is 12.5 Å². The zero-order valence-corrected chi connectivity index (χ0v) is 10.8. The van der Waals surface area contributed by atoms with Crippen LogP contribution in [0.1, 0.15) is 35.1 Å². The fourth-order valence-electron chi connectivity index (χ4n) is 2.33. The normalized spacial score (nSPS) is 23.4. The second kappa shape index (κ2) is 4.12. The number of nitrogens with zero attached hydrogens (tertiary/aromatic N) is 2. The van der Waals surface area contributed by atoms with Crippen LogP contribution in [0.25, 0.3) is 0 Å². The molecular formula is C12H17N3O3. The van der Waals surface area contributed by atoms with Crippen molar-refractivity contribution in [3.05, 3.63) is 17.0 Å². The van der Waals surface area contributed by atoms with E-state index >= 15 is 0 Å². The number of carbonyl (C=O) groups is 2. The zero-order chi connectivity index (χ0) is 13.5. The summed E-state index contributed by atoms with van der Waals surface area (Å²) in [6.45, 7) is 5.97. The molecule has 1 aliphatic heterocycles. The number of carboxylic acid groups (broad SMARTS) is 1. The van der Waals surface area contributed by atoms with Crippen LogP contribution in [0.3, 0.4) is 0 Å². The summed E-state index contributed by atoms with van der Waals surface area (Å²) in [5.74, 6) is -0.984. The lowest BCUT2D eigenvalue weighted by Crippen LogP contribution is -2.35. The number of likely N-dealkylation sites (tertiary alicyclic amines) is 1. The van der Waals surface area contributed by atoms with Crippen LogP contribution in [0.5, 0.6) is 0 Å². The highest BCUT2D eigenvalue weighted by molar-refractivity contribution is 5.97. The van der Waals surface area contributed by atoms with Crippen LogP contribution in [0.2, 0.25) is 0 Å². The highest BCUT2D eigenvalue weighted by Crippen LogP contribution is 2.31. The average molecular weight is 251 g/mol. The van der Waals surface area contributed by atoms with Crippen LogP contribution in [0, 0.1) is 19.3 Å². The molecular weight excluding hydrogens is 234 g/mol. The van der Waals surface area contributed by atoms with Crippen molar-refractivity contribution in [2.75, 3.05) is 13.1 Å². The van der Waals surface area contributed by atoms with E-state index in [1.165, 1.54) is 0 Å². The predicted molar refractivity (Wildman–Crippen MR) is 64.3 cm³/mol. The molecule has 1 aliphatic rings. The summed E-state index contributed by atoms with van der Waals surface area (Å²) in [5, 5.41) is 15.9. The van der Waals surface area contributed by atoms with Crippen LogP contribution in [0.4, 0.5) is 0 Å². The Hall–Kier alpha value is -1.85. The van der Waals surface area contributed by atoms with Gasteiger partial charge in [-0.2, -0.15) is 5.10 Å². The molecule has 2 N–H and O–H groups in total. The number of aryl methyl sites for hydroxylation is 2. The maximum Gasteiger partial charge on any atom is 0.311 e. The number of hydrogen-bond acceptors (Lipinski definition) is 3. The summed E-state index contributed by atoms with van der Waals surface area (Å²) in [6.07, 6.45) is 0.490. The van der Waals surface area contributed by atoms with Crippen molar-refractivity contribution in [2.24, 2.45) is 5.41 Å². The first-order chi connectivity index (χ1) is 8.35. The number of aromatic amines is 1. The van der Waals surface area contributed by atoms with E-state index in [0.717, 1.165) is 5.69 Å². The fourth-order valence-corrected chi connectivity index (χ4v) is 2.33. The number of H-pyrrole nitrogens is 1. The highest BCUT2D eigenvalue weighted by Gasteiger charge is 2.42. The molecule has 1 atom stereocenters. The molecule has 2 heterocycles. The molecule has 0 aromatic carbocycles. The molecule has 0 aliphatic carbocycles. The molecule has 6 heteroatoms. The van der Waals surface area contributed by atoms with Crippen LogP contribution in [-0.2, 0) is 4.79 Å². The third kappa shape index (κ3) is 1.87.